The van der Waals surface area contributed by atoms with Crippen LogP contribution in [-0.4, -0.2) is 29.3 Å². The Bertz CT molecular complexity index is 462. The second-order valence-corrected chi connectivity index (χ2v) is 3.93. The molecule has 102 valence electrons. The van der Waals surface area contributed by atoms with Crippen LogP contribution in [0.2, 0.25) is 5.15 Å². The first-order valence-electron chi connectivity index (χ1n) is 5.49. The maximum Gasteiger partial charge on any atom is 0.274 e. The third kappa shape index (κ3) is 6.37. The molecule has 0 unspecified atom stereocenters. The van der Waals surface area contributed by atoms with E-state index in [0.29, 0.717) is 24.4 Å². The van der Waals surface area contributed by atoms with Crippen molar-refractivity contribution < 1.29 is 9.72 Å². The molecule has 2 N–H and O–H groups in total. The first-order valence-corrected chi connectivity index (χ1v) is 5.86. The van der Waals surface area contributed by atoms with Gasteiger partial charge in [0.15, 0.2) is 5.82 Å². The van der Waals surface area contributed by atoms with Crippen molar-refractivity contribution in [3.63, 3.8) is 0 Å². The van der Waals surface area contributed by atoms with E-state index in [9.17, 15) is 14.9 Å². The zero-order valence-electron chi connectivity index (χ0n) is 10.0. The zero-order valence-corrected chi connectivity index (χ0v) is 10.8. The molecule has 0 fully saturated rings. The molecule has 0 aromatic carbocycles. The van der Waals surface area contributed by atoms with E-state index in [1.165, 1.54) is 0 Å². The quantitative estimate of drug-likeness (QED) is 0.316. The SMILES string of the molecule is O=CCN/C(=C\[N+](=O)[O-])NCCc1ccc(Cl)nc1. The molecule has 19 heavy (non-hydrogen) atoms. The number of hydrogen-bond acceptors (Lipinski definition) is 6. The molecule has 0 saturated heterocycles. The van der Waals surface area contributed by atoms with Gasteiger partial charge < -0.3 is 15.4 Å². The van der Waals surface area contributed by atoms with E-state index in [0.717, 1.165) is 11.8 Å². The van der Waals surface area contributed by atoms with Gasteiger partial charge in [0.2, 0.25) is 0 Å². The van der Waals surface area contributed by atoms with Gasteiger partial charge in [-0.25, -0.2) is 4.98 Å². The van der Waals surface area contributed by atoms with E-state index in [2.05, 4.69) is 15.6 Å². The number of rotatable bonds is 8. The third-order valence-corrected chi connectivity index (χ3v) is 2.35. The van der Waals surface area contributed by atoms with Gasteiger partial charge in [-0.1, -0.05) is 17.7 Å². The van der Waals surface area contributed by atoms with E-state index < -0.39 is 4.92 Å². The lowest BCUT2D eigenvalue weighted by atomic mass is 10.2. The van der Waals surface area contributed by atoms with Crippen LogP contribution in [-0.2, 0) is 11.2 Å². The van der Waals surface area contributed by atoms with Gasteiger partial charge >= 0.3 is 0 Å². The Morgan fingerprint density at radius 2 is 2.26 bits per heavy atom. The highest BCUT2D eigenvalue weighted by Crippen LogP contribution is 2.05. The lowest BCUT2D eigenvalue weighted by Gasteiger charge is -2.09. The topological polar surface area (TPSA) is 97.2 Å². The van der Waals surface area contributed by atoms with Crippen LogP contribution in [0.5, 0.6) is 0 Å². The van der Waals surface area contributed by atoms with Gasteiger partial charge in [-0.15, -0.1) is 0 Å². The molecule has 0 spiro atoms. The predicted molar refractivity (Wildman–Crippen MR) is 70.1 cm³/mol. The molecule has 0 saturated carbocycles. The van der Waals surface area contributed by atoms with E-state index in [1.807, 2.05) is 6.07 Å². The molecule has 0 aliphatic rings. The smallest absolute Gasteiger partial charge is 0.274 e. The van der Waals surface area contributed by atoms with E-state index in [4.69, 9.17) is 11.6 Å². The van der Waals surface area contributed by atoms with Crippen LogP contribution in [0.15, 0.2) is 30.4 Å². The van der Waals surface area contributed by atoms with E-state index in [-0.39, 0.29) is 12.4 Å². The summed E-state index contributed by atoms with van der Waals surface area (Å²) in [5.41, 5.74) is 0.952. The number of nitrogens with one attached hydrogen (secondary N) is 2. The lowest BCUT2D eigenvalue weighted by molar-refractivity contribution is -0.404. The summed E-state index contributed by atoms with van der Waals surface area (Å²) in [6, 6.07) is 3.50. The maximum atomic E-state index is 10.4. The van der Waals surface area contributed by atoms with Gasteiger partial charge in [0.25, 0.3) is 6.20 Å². The Morgan fingerprint density at radius 3 is 2.84 bits per heavy atom. The van der Waals surface area contributed by atoms with Gasteiger partial charge in [-0.2, -0.15) is 0 Å². The Morgan fingerprint density at radius 1 is 1.47 bits per heavy atom. The highest BCUT2D eigenvalue weighted by atomic mass is 35.5. The Balaban J connectivity index is 2.45. The fourth-order valence-electron chi connectivity index (χ4n) is 1.31. The molecular formula is C11H13ClN4O3. The minimum atomic E-state index is -0.593. The summed E-state index contributed by atoms with van der Waals surface area (Å²) in [6.45, 7) is 0.476. The lowest BCUT2D eigenvalue weighted by Crippen LogP contribution is -2.30. The summed E-state index contributed by atoms with van der Waals surface area (Å²) in [7, 11) is 0. The van der Waals surface area contributed by atoms with Gasteiger partial charge in [0.1, 0.15) is 11.4 Å². The second kappa shape index (κ2) is 8.04. The fourth-order valence-corrected chi connectivity index (χ4v) is 1.42. The van der Waals surface area contributed by atoms with Crippen molar-refractivity contribution in [3.8, 4) is 0 Å². The number of nitro groups is 1. The van der Waals surface area contributed by atoms with Crippen molar-refractivity contribution in [2.24, 2.45) is 0 Å². The number of aromatic nitrogens is 1. The van der Waals surface area contributed by atoms with Crippen molar-refractivity contribution in [2.45, 2.75) is 6.42 Å². The number of nitrogens with zero attached hydrogens (tertiary/aromatic N) is 2. The monoisotopic (exact) mass is 284 g/mol. The molecule has 0 radical (unpaired) electrons. The molecular weight excluding hydrogens is 272 g/mol. The van der Waals surface area contributed by atoms with E-state index in [1.54, 1.807) is 12.3 Å². The minimum Gasteiger partial charge on any atom is -0.366 e. The van der Waals surface area contributed by atoms with Crippen molar-refractivity contribution in [3.05, 3.63) is 51.2 Å². The number of pyridine rings is 1. The molecule has 0 bridgehead atoms. The first kappa shape index (κ1) is 14.9. The van der Waals surface area contributed by atoms with Crippen molar-refractivity contribution in [2.75, 3.05) is 13.1 Å². The largest absolute Gasteiger partial charge is 0.366 e. The summed E-state index contributed by atoms with van der Waals surface area (Å²) in [5.74, 6) is 0.194. The van der Waals surface area contributed by atoms with Gasteiger partial charge in [-0.05, 0) is 18.1 Å². The standard InChI is InChI=1S/C11H13ClN4O3/c12-10-2-1-9(7-15-10)3-4-13-11(8-16(18)19)14-5-6-17/h1-2,6-8,13-14H,3-5H2/b11-8-. The highest BCUT2D eigenvalue weighted by Gasteiger charge is 2.02. The molecule has 1 aromatic heterocycles. The number of carbonyl (C=O) groups excluding carboxylic acids is 1. The summed E-state index contributed by atoms with van der Waals surface area (Å²) < 4.78 is 0. The minimum absolute atomic E-state index is 0.00910. The Labute approximate surface area is 114 Å². The van der Waals surface area contributed by atoms with Crippen LogP contribution in [0.1, 0.15) is 5.56 Å². The summed E-state index contributed by atoms with van der Waals surface area (Å²) in [6.07, 6.45) is 3.67. The van der Waals surface area contributed by atoms with Crippen LogP contribution in [0.4, 0.5) is 0 Å². The van der Waals surface area contributed by atoms with Crippen LogP contribution >= 0.6 is 11.6 Å². The van der Waals surface area contributed by atoms with Gasteiger partial charge in [-0.3, -0.25) is 10.1 Å². The number of halogens is 1. The van der Waals surface area contributed by atoms with Crippen molar-refractivity contribution in [1.29, 1.82) is 0 Å². The number of carbonyl (C=O) groups is 1. The van der Waals surface area contributed by atoms with Gasteiger partial charge in [0.05, 0.1) is 11.5 Å². The molecule has 1 heterocycles. The molecule has 1 rings (SSSR count). The van der Waals surface area contributed by atoms with Crippen molar-refractivity contribution >= 4 is 17.9 Å². The normalized spacial score (nSPS) is 10.9. The maximum absolute atomic E-state index is 10.4. The average Bonchev–Trinajstić information content (AvgIpc) is 2.37. The summed E-state index contributed by atoms with van der Waals surface area (Å²) >= 11 is 5.66. The van der Waals surface area contributed by atoms with Crippen LogP contribution < -0.4 is 10.6 Å². The van der Waals surface area contributed by atoms with Crippen LogP contribution in [0, 0.1) is 10.1 Å². The molecule has 0 aliphatic carbocycles. The zero-order chi connectivity index (χ0) is 14.1. The predicted octanol–water partition coefficient (Wildman–Crippen LogP) is 0.731. The third-order valence-electron chi connectivity index (χ3n) is 2.13. The molecule has 1 aromatic rings. The number of hydrogen-bond donors (Lipinski definition) is 2. The molecule has 7 nitrogen and oxygen atoms in total. The fraction of sp³-hybridized carbons (Fsp3) is 0.273. The second-order valence-electron chi connectivity index (χ2n) is 3.54. The summed E-state index contributed by atoms with van der Waals surface area (Å²) in [5, 5.41) is 16.2. The highest BCUT2D eigenvalue weighted by molar-refractivity contribution is 6.29. The molecule has 8 heteroatoms. The molecule has 0 aliphatic heterocycles. The Hall–Kier alpha value is -2.15. The number of aldehydes is 1. The Kier molecular flexibility index (Phi) is 6.31. The van der Waals surface area contributed by atoms with Crippen LogP contribution in [0.25, 0.3) is 0 Å². The van der Waals surface area contributed by atoms with E-state index >= 15 is 0 Å². The molecule has 0 atom stereocenters. The van der Waals surface area contributed by atoms with Gasteiger partial charge in [0, 0.05) is 12.7 Å². The van der Waals surface area contributed by atoms with Crippen LogP contribution in [0.3, 0.4) is 0 Å². The van der Waals surface area contributed by atoms with Crippen molar-refractivity contribution in [1.82, 2.24) is 15.6 Å². The average molecular weight is 285 g/mol. The molecule has 0 amide bonds. The first-order chi connectivity index (χ1) is 9.11. The summed E-state index contributed by atoms with van der Waals surface area (Å²) in [4.78, 5) is 23.9.